The number of nitrogens with zero attached hydrogens (tertiary/aromatic N) is 1. The monoisotopic (exact) mass is 213 g/mol. The molecule has 0 fully saturated rings. The number of aryl methyl sites for hydroxylation is 1. The van der Waals surface area contributed by atoms with Crippen LogP contribution in [0.15, 0.2) is 18.2 Å². The molecule has 13 heavy (non-hydrogen) atoms. The van der Waals surface area contributed by atoms with Gasteiger partial charge in [-0.25, -0.2) is 0 Å². The fourth-order valence-corrected chi connectivity index (χ4v) is 1.52. The zero-order valence-corrected chi connectivity index (χ0v) is 8.73. The lowest BCUT2D eigenvalue weighted by Crippen LogP contribution is -2.01. The summed E-state index contributed by atoms with van der Waals surface area (Å²) in [5, 5.41) is 8.79. The van der Waals surface area contributed by atoms with E-state index in [4.69, 9.17) is 28.5 Å². The van der Waals surface area contributed by atoms with Crippen molar-refractivity contribution in [1.29, 1.82) is 5.26 Å². The summed E-state index contributed by atoms with van der Waals surface area (Å²) < 4.78 is 0. The molecule has 0 saturated heterocycles. The minimum absolute atomic E-state index is 0.458. The summed E-state index contributed by atoms with van der Waals surface area (Å²) in [6, 6.07) is 7.58. The molecule has 68 valence electrons. The number of nitriles is 1. The highest BCUT2D eigenvalue weighted by atomic mass is 35.5. The summed E-state index contributed by atoms with van der Waals surface area (Å²) in [7, 11) is 0. The molecule has 0 aliphatic heterocycles. The largest absolute Gasteiger partial charge is 0.197 e. The van der Waals surface area contributed by atoms with E-state index in [2.05, 4.69) is 0 Å². The Bertz CT molecular complexity index is 341. The second-order valence-electron chi connectivity index (χ2n) is 2.87. The predicted molar refractivity (Wildman–Crippen MR) is 55.1 cm³/mol. The second-order valence-corrected chi connectivity index (χ2v) is 3.83. The summed E-state index contributed by atoms with van der Waals surface area (Å²) in [6.07, 6.45) is 0.570. The third-order valence-electron chi connectivity index (χ3n) is 1.84. The molecule has 1 rings (SSSR count). The van der Waals surface area contributed by atoms with Crippen LogP contribution in [0.4, 0.5) is 0 Å². The van der Waals surface area contributed by atoms with Crippen molar-refractivity contribution in [2.45, 2.75) is 18.7 Å². The summed E-state index contributed by atoms with van der Waals surface area (Å²) in [5.74, 6) is 0. The Hall–Kier alpha value is -0.710. The van der Waals surface area contributed by atoms with Crippen LogP contribution >= 0.6 is 23.2 Å². The average molecular weight is 214 g/mol. The fraction of sp³-hybridized carbons (Fsp3) is 0.300. The van der Waals surface area contributed by atoms with E-state index in [9.17, 15) is 0 Å². The van der Waals surface area contributed by atoms with Crippen molar-refractivity contribution in [1.82, 2.24) is 0 Å². The van der Waals surface area contributed by atoms with E-state index in [1.165, 1.54) is 0 Å². The fourth-order valence-electron chi connectivity index (χ4n) is 1.13. The van der Waals surface area contributed by atoms with Crippen LogP contribution in [0.1, 0.15) is 11.1 Å². The normalized spacial score (nSPS) is 12.2. The van der Waals surface area contributed by atoms with E-state index in [1.807, 2.05) is 31.2 Å². The number of hydrogen-bond donors (Lipinski definition) is 0. The van der Waals surface area contributed by atoms with E-state index in [0.29, 0.717) is 11.4 Å². The minimum atomic E-state index is -0.458. The highest BCUT2D eigenvalue weighted by Gasteiger charge is 2.06. The Morgan fingerprint density at radius 2 is 2.23 bits per heavy atom. The predicted octanol–water partition coefficient (Wildman–Crippen LogP) is 3.32. The van der Waals surface area contributed by atoms with Crippen molar-refractivity contribution in [3.63, 3.8) is 0 Å². The third-order valence-corrected chi connectivity index (χ3v) is 2.33. The van der Waals surface area contributed by atoms with Crippen LogP contribution in [-0.4, -0.2) is 5.38 Å². The van der Waals surface area contributed by atoms with Crippen molar-refractivity contribution in [2.24, 2.45) is 0 Å². The zero-order valence-electron chi connectivity index (χ0n) is 7.22. The van der Waals surface area contributed by atoms with Gasteiger partial charge in [-0.1, -0.05) is 17.7 Å². The maximum atomic E-state index is 8.53. The van der Waals surface area contributed by atoms with Crippen LogP contribution in [0, 0.1) is 18.3 Å². The molecule has 1 atom stereocenters. The van der Waals surface area contributed by atoms with Crippen LogP contribution in [0.5, 0.6) is 0 Å². The number of alkyl halides is 1. The molecule has 0 heterocycles. The van der Waals surface area contributed by atoms with Gasteiger partial charge in [0.25, 0.3) is 0 Å². The van der Waals surface area contributed by atoms with Gasteiger partial charge in [0.2, 0.25) is 0 Å². The minimum Gasteiger partial charge on any atom is -0.197 e. The number of hydrogen-bond acceptors (Lipinski definition) is 1. The van der Waals surface area contributed by atoms with Crippen LogP contribution in [0.2, 0.25) is 5.02 Å². The first-order valence-corrected chi connectivity index (χ1v) is 4.73. The van der Waals surface area contributed by atoms with E-state index in [0.717, 1.165) is 11.1 Å². The van der Waals surface area contributed by atoms with Gasteiger partial charge in [0, 0.05) is 11.4 Å². The van der Waals surface area contributed by atoms with Gasteiger partial charge in [-0.3, -0.25) is 0 Å². The molecule has 0 spiro atoms. The Kier molecular flexibility index (Phi) is 3.59. The smallest absolute Gasteiger partial charge is 0.124 e. The summed E-state index contributed by atoms with van der Waals surface area (Å²) >= 11 is 11.5. The highest BCUT2D eigenvalue weighted by molar-refractivity contribution is 6.30. The molecule has 0 aromatic heterocycles. The van der Waals surface area contributed by atoms with Crippen molar-refractivity contribution in [3.8, 4) is 6.07 Å². The van der Waals surface area contributed by atoms with E-state index >= 15 is 0 Å². The van der Waals surface area contributed by atoms with Gasteiger partial charge in [-0.15, -0.1) is 11.6 Å². The van der Waals surface area contributed by atoms with E-state index in [-0.39, 0.29) is 0 Å². The molecular formula is C10H9Cl2N. The zero-order chi connectivity index (χ0) is 9.84. The molecule has 0 aliphatic rings. The van der Waals surface area contributed by atoms with Crippen molar-refractivity contribution >= 4 is 23.2 Å². The molecule has 1 aromatic carbocycles. The SMILES string of the molecule is Cc1cc(Cl)ccc1CC(Cl)C#N. The standard InChI is InChI=1S/C10H9Cl2N/c1-7-4-9(11)3-2-8(7)5-10(12)6-13/h2-4,10H,5H2,1H3. The lowest BCUT2D eigenvalue weighted by molar-refractivity contribution is 1.00. The molecule has 0 aliphatic carbocycles. The summed E-state index contributed by atoms with van der Waals surface area (Å²) in [4.78, 5) is 0. The third kappa shape index (κ3) is 2.91. The molecule has 0 radical (unpaired) electrons. The van der Waals surface area contributed by atoms with E-state index < -0.39 is 5.38 Å². The highest BCUT2D eigenvalue weighted by Crippen LogP contribution is 2.17. The first-order chi connectivity index (χ1) is 6.13. The Labute approximate surface area is 87.9 Å². The molecule has 1 nitrogen and oxygen atoms in total. The molecule has 0 bridgehead atoms. The van der Waals surface area contributed by atoms with Crippen molar-refractivity contribution in [2.75, 3.05) is 0 Å². The molecule has 3 heteroatoms. The Morgan fingerprint density at radius 3 is 2.77 bits per heavy atom. The lowest BCUT2D eigenvalue weighted by Gasteiger charge is -2.05. The van der Waals surface area contributed by atoms with Crippen LogP contribution in [0.25, 0.3) is 0 Å². The molecule has 1 aromatic rings. The Morgan fingerprint density at radius 1 is 1.54 bits per heavy atom. The van der Waals surface area contributed by atoms with Crippen molar-refractivity contribution in [3.05, 3.63) is 34.3 Å². The maximum Gasteiger partial charge on any atom is 0.124 e. The molecule has 0 N–H and O–H groups in total. The van der Waals surface area contributed by atoms with Gasteiger partial charge >= 0.3 is 0 Å². The number of rotatable bonds is 2. The van der Waals surface area contributed by atoms with Gasteiger partial charge in [0.05, 0.1) is 6.07 Å². The topological polar surface area (TPSA) is 23.8 Å². The first-order valence-electron chi connectivity index (χ1n) is 3.92. The van der Waals surface area contributed by atoms with Gasteiger partial charge in [-0.05, 0) is 30.2 Å². The average Bonchev–Trinajstić information content (AvgIpc) is 2.09. The Balaban J connectivity index is 2.85. The summed E-state index contributed by atoms with van der Waals surface area (Å²) in [5.41, 5.74) is 2.15. The van der Waals surface area contributed by atoms with Gasteiger partial charge < -0.3 is 0 Å². The number of benzene rings is 1. The summed E-state index contributed by atoms with van der Waals surface area (Å²) in [6.45, 7) is 1.96. The molecule has 1 unspecified atom stereocenters. The van der Waals surface area contributed by atoms with Crippen LogP contribution in [0.3, 0.4) is 0 Å². The second kappa shape index (κ2) is 4.50. The molecular weight excluding hydrogens is 205 g/mol. The number of halogens is 2. The van der Waals surface area contributed by atoms with Crippen molar-refractivity contribution < 1.29 is 0 Å². The van der Waals surface area contributed by atoms with Crippen LogP contribution in [-0.2, 0) is 6.42 Å². The van der Waals surface area contributed by atoms with Crippen LogP contribution < -0.4 is 0 Å². The molecule has 0 amide bonds. The van der Waals surface area contributed by atoms with E-state index in [1.54, 1.807) is 0 Å². The van der Waals surface area contributed by atoms with Gasteiger partial charge in [0.15, 0.2) is 0 Å². The lowest BCUT2D eigenvalue weighted by atomic mass is 10.0. The van der Waals surface area contributed by atoms with Gasteiger partial charge in [0.1, 0.15) is 5.38 Å². The first kappa shape index (κ1) is 10.4. The van der Waals surface area contributed by atoms with Gasteiger partial charge in [-0.2, -0.15) is 5.26 Å². The molecule has 0 saturated carbocycles. The maximum absolute atomic E-state index is 8.53. The quantitative estimate of drug-likeness (QED) is 0.692.